The molecule has 0 bridgehead atoms. The van der Waals surface area contributed by atoms with Crippen LogP contribution in [0.1, 0.15) is 19.4 Å². The zero-order chi connectivity index (χ0) is 15.4. The minimum Gasteiger partial charge on any atom is -0.369 e. The third kappa shape index (κ3) is 3.94. The van der Waals surface area contributed by atoms with Crippen LogP contribution in [0.4, 0.5) is 0 Å². The van der Waals surface area contributed by atoms with E-state index in [1.807, 2.05) is 6.07 Å². The molecule has 3 N–H and O–H groups in total. The predicted molar refractivity (Wildman–Crippen MR) is 88.3 cm³/mol. The Morgan fingerprint density at radius 2 is 2.05 bits per heavy atom. The monoisotopic (exact) mass is 305 g/mol. The third-order valence-electron chi connectivity index (χ3n) is 3.54. The van der Waals surface area contributed by atoms with Gasteiger partial charge in [0.15, 0.2) is 0 Å². The van der Waals surface area contributed by atoms with Crippen LogP contribution in [-0.4, -0.2) is 29.1 Å². The summed E-state index contributed by atoms with van der Waals surface area (Å²) in [7, 11) is 2.07. The molecule has 0 radical (unpaired) electrons. The van der Waals surface area contributed by atoms with Crippen molar-refractivity contribution < 1.29 is 4.79 Å². The first-order valence-electron chi connectivity index (χ1n) is 7.15. The molecule has 1 aliphatic rings. The van der Waals surface area contributed by atoms with Gasteiger partial charge in [-0.05, 0) is 11.5 Å². The molecular weight excluding hydrogens is 282 g/mol. The van der Waals surface area contributed by atoms with Crippen molar-refractivity contribution in [3.63, 3.8) is 0 Å². The summed E-state index contributed by atoms with van der Waals surface area (Å²) in [5.74, 6) is 0.467. The highest BCUT2D eigenvalue weighted by Crippen LogP contribution is 2.31. The van der Waals surface area contributed by atoms with Crippen molar-refractivity contribution in [3.05, 3.63) is 47.3 Å². The summed E-state index contributed by atoms with van der Waals surface area (Å²) in [5, 5.41) is 3.53. The number of nitrogens with zero attached hydrogens (tertiary/aromatic N) is 1. The van der Waals surface area contributed by atoms with Crippen molar-refractivity contribution in [2.24, 2.45) is 11.7 Å². The quantitative estimate of drug-likeness (QED) is 0.845. The summed E-state index contributed by atoms with van der Waals surface area (Å²) >= 11 is 1.53. The smallest absolute Gasteiger partial charge is 0.227 e. The highest BCUT2D eigenvalue weighted by atomic mass is 32.2. The molecule has 0 saturated heterocycles. The number of amides is 1. The average molecular weight is 305 g/mol. The summed E-state index contributed by atoms with van der Waals surface area (Å²) < 4.78 is 0. The van der Waals surface area contributed by atoms with Crippen molar-refractivity contribution in [3.8, 4) is 0 Å². The van der Waals surface area contributed by atoms with Crippen LogP contribution in [0.2, 0.25) is 0 Å². The Morgan fingerprint density at radius 3 is 2.62 bits per heavy atom. The lowest BCUT2D eigenvalue weighted by Crippen LogP contribution is -2.34. The molecule has 1 aliphatic heterocycles. The van der Waals surface area contributed by atoms with E-state index >= 15 is 0 Å². The number of benzene rings is 1. The maximum atomic E-state index is 11.0. The van der Waals surface area contributed by atoms with Crippen LogP contribution in [-0.2, 0) is 11.2 Å². The fraction of sp³-hybridized carbons (Fsp3) is 0.438. The van der Waals surface area contributed by atoms with E-state index in [9.17, 15) is 4.79 Å². The molecule has 4 nitrogen and oxygen atoms in total. The first-order chi connectivity index (χ1) is 9.99. The highest BCUT2D eigenvalue weighted by molar-refractivity contribution is 8.00. The Bertz CT molecular complexity index is 528. The lowest BCUT2D eigenvalue weighted by atomic mass is 10.0. The Balaban J connectivity index is 2.14. The molecule has 0 aliphatic carbocycles. The largest absolute Gasteiger partial charge is 0.369 e. The maximum absolute atomic E-state index is 11.0. The highest BCUT2D eigenvalue weighted by Gasteiger charge is 2.30. The molecule has 114 valence electrons. The van der Waals surface area contributed by atoms with Gasteiger partial charge in [0.25, 0.3) is 0 Å². The van der Waals surface area contributed by atoms with Gasteiger partial charge in [0.2, 0.25) is 5.91 Å². The van der Waals surface area contributed by atoms with Gasteiger partial charge in [-0.3, -0.25) is 4.79 Å². The van der Waals surface area contributed by atoms with Gasteiger partial charge in [0.05, 0.1) is 5.75 Å². The standard InChI is InChI=1S/C16H23N3OS/c1-11(2)15-13(9-12-7-5-4-6-8-12)19(3)16(18-15)21-10-14(17)20/h4-8,11,16,18H,9-10H2,1-3H3,(H2,17,20). The molecular formula is C16H23N3OS. The summed E-state index contributed by atoms with van der Waals surface area (Å²) in [6, 6.07) is 10.4. The zero-order valence-corrected chi connectivity index (χ0v) is 13.6. The van der Waals surface area contributed by atoms with E-state index in [0.29, 0.717) is 11.7 Å². The Morgan fingerprint density at radius 1 is 1.38 bits per heavy atom. The van der Waals surface area contributed by atoms with Gasteiger partial charge in [0.1, 0.15) is 5.50 Å². The number of hydrogen-bond donors (Lipinski definition) is 2. The second-order valence-corrected chi connectivity index (χ2v) is 6.63. The molecule has 1 heterocycles. The average Bonchev–Trinajstić information content (AvgIpc) is 2.75. The molecule has 1 unspecified atom stereocenters. The van der Waals surface area contributed by atoms with Gasteiger partial charge in [-0.2, -0.15) is 0 Å². The van der Waals surface area contributed by atoms with Crippen LogP contribution in [0.3, 0.4) is 0 Å². The Labute approximate surface area is 130 Å². The lowest BCUT2D eigenvalue weighted by molar-refractivity contribution is -0.115. The SMILES string of the molecule is CC(C)C1=C(Cc2ccccc2)N(C)C(SCC(N)=O)N1. The molecule has 2 rings (SSSR count). The van der Waals surface area contributed by atoms with E-state index in [4.69, 9.17) is 5.73 Å². The minimum absolute atomic E-state index is 0.0774. The second kappa shape index (κ2) is 6.89. The molecule has 1 atom stereocenters. The summed E-state index contributed by atoms with van der Waals surface area (Å²) in [6.45, 7) is 4.37. The normalized spacial score (nSPS) is 18.3. The van der Waals surface area contributed by atoms with Crippen molar-refractivity contribution >= 4 is 17.7 Å². The van der Waals surface area contributed by atoms with Gasteiger partial charge in [0, 0.05) is 24.9 Å². The summed E-state index contributed by atoms with van der Waals surface area (Å²) in [5.41, 5.74) is 9.16. The first-order valence-corrected chi connectivity index (χ1v) is 8.20. The topological polar surface area (TPSA) is 58.4 Å². The third-order valence-corrected chi connectivity index (χ3v) is 4.74. The minimum atomic E-state index is -0.280. The first kappa shape index (κ1) is 15.8. The van der Waals surface area contributed by atoms with E-state index in [1.165, 1.54) is 28.7 Å². The number of carbonyl (C=O) groups excluding carboxylic acids is 1. The number of thioether (sulfide) groups is 1. The van der Waals surface area contributed by atoms with E-state index in [-0.39, 0.29) is 11.4 Å². The van der Waals surface area contributed by atoms with Crippen LogP contribution in [0, 0.1) is 5.92 Å². The Kier molecular flexibility index (Phi) is 5.17. The van der Waals surface area contributed by atoms with Crippen LogP contribution in [0.5, 0.6) is 0 Å². The van der Waals surface area contributed by atoms with Gasteiger partial charge in [-0.25, -0.2) is 0 Å². The molecule has 1 aromatic rings. The number of nitrogens with two attached hydrogens (primary N) is 1. The van der Waals surface area contributed by atoms with Crippen molar-refractivity contribution in [1.29, 1.82) is 0 Å². The Hall–Kier alpha value is -1.62. The molecule has 1 amide bonds. The number of carbonyl (C=O) groups is 1. The molecule has 1 aromatic carbocycles. The van der Waals surface area contributed by atoms with Crippen LogP contribution < -0.4 is 11.1 Å². The number of rotatable bonds is 6. The molecule has 0 aromatic heterocycles. The zero-order valence-electron chi connectivity index (χ0n) is 12.8. The predicted octanol–water partition coefficient (Wildman–Crippen LogP) is 2.13. The molecule has 21 heavy (non-hydrogen) atoms. The second-order valence-electron chi connectivity index (χ2n) is 5.56. The van der Waals surface area contributed by atoms with E-state index in [1.54, 1.807) is 0 Å². The van der Waals surface area contributed by atoms with E-state index in [0.717, 1.165) is 6.42 Å². The number of primary amides is 1. The summed E-state index contributed by atoms with van der Waals surface area (Å²) in [6.07, 6.45) is 0.894. The van der Waals surface area contributed by atoms with E-state index < -0.39 is 0 Å². The molecule has 0 fully saturated rings. The van der Waals surface area contributed by atoms with Gasteiger partial charge in [-0.1, -0.05) is 44.2 Å². The molecule has 0 spiro atoms. The number of likely N-dealkylation sites (N-methyl/N-ethyl adjacent to an activating group) is 1. The van der Waals surface area contributed by atoms with Gasteiger partial charge in [-0.15, -0.1) is 11.8 Å². The number of nitrogens with one attached hydrogen (secondary N) is 1. The lowest BCUT2D eigenvalue weighted by Gasteiger charge is -2.23. The van der Waals surface area contributed by atoms with E-state index in [2.05, 4.69) is 55.4 Å². The van der Waals surface area contributed by atoms with Crippen molar-refractivity contribution in [2.45, 2.75) is 25.8 Å². The number of hydrogen-bond acceptors (Lipinski definition) is 4. The van der Waals surface area contributed by atoms with Crippen molar-refractivity contribution in [2.75, 3.05) is 12.8 Å². The maximum Gasteiger partial charge on any atom is 0.227 e. The van der Waals surface area contributed by atoms with Crippen LogP contribution >= 0.6 is 11.8 Å². The fourth-order valence-electron chi connectivity index (χ4n) is 2.47. The molecule has 0 saturated carbocycles. The van der Waals surface area contributed by atoms with Crippen LogP contribution in [0.15, 0.2) is 41.7 Å². The van der Waals surface area contributed by atoms with Crippen molar-refractivity contribution in [1.82, 2.24) is 10.2 Å². The number of allylic oxidation sites excluding steroid dienone is 2. The van der Waals surface area contributed by atoms with Crippen LogP contribution in [0.25, 0.3) is 0 Å². The molecule has 5 heteroatoms. The fourth-order valence-corrected chi connectivity index (χ4v) is 3.35. The summed E-state index contributed by atoms with van der Waals surface area (Å²) in [4.78, 5) is 13.2. The van der Waals surface area contributed by atoms with Gasteiger partial charge >= 0.3 is 0 Å². The van der Waals surface area contributed by atoms with Gasteiger partial charge < -0.3 is 16.0 Å².